The van der Waals surface area contributed by atoms with Crippen LogP contribution in [0.4, 0.5) is 0 Å². The van der Waals surface area contributed by atoms with Crippen LogP contribution in [0.1, 0.15) is 0 Å². The number of fused-ring (bicyclic) bond motifs is 13. The highest BCUT2D eigenvalue weighted by Crippen LogP contribution is 2.50. The molecule has 0 N–H and O–H groups in total. The van der Waals surface area contributed by atoms with Crippen LogP contribution in [0.3, 0.4) is 0 Å². The minimum absolute atomic E-state index is 1.20. The summed E-state index contributed by atoms with van der Waals surface area (Å²) in [7, 11) is 0. The van der Waals surface area contributed by atoms with E-state index in [-0.39, 0.29) is 0 Å². The second kappa shape index (κ2) is 9.49. The molecule has 12 rings (SSSR count). The van der Waals surface area contributed by atoms with E-state index in [1.807, 2.05) is 0 Å². The van der Waals surface area contributed by atoms with Crippen LogP contribution in [0.15, 0.2) is 170 Å². The highest BCUT2D eigenvalue weighted by atomic mass is 15.0. The molecular formula is C48H28N2. The largest absolute Gasteiger partial charge is 0.309 e. The summed E-state index contributed by atoms with van der Waals surface area (Å²) < 4.78 is 5.08. The van der Waals surface area contributed by atoms with E-state index in [2.05, 4.69) is 179 Å². The zero-order valence-electron chi connectivity index (χ0n) is 27.1. The predicted molar refractivity (Wildman–Crippen MR) is 212 cm³/mol. The van der Waals surface area contributed by atoms with Crippen molar-refractivity contribution in [2.45, 2.75) is 0 Å². The summed E-state index contributed by atoms with van der Waals surface area (Å²) in [5, 5.41) is 12.7. The smallest absolute Gasteiger partial charge is 0.0641 e. The van der Waals surface area contributed by atoms with Crippen LogP contribution in [0.25, 0.3) is 110 Å². The van der Waals surface area contributed by atoms with Crippen LogP contribution in [0.2, 0.25) is 0 Å². The SMILES string of the molecule is c1ccc2c(c1)-c1cccc3c(-n4c5ccccc5c5c4ccc4c6ccc7ccccc7c6n(-c6cccc7ccccc67)c45)ccc-2c13. The van der Waals surface area contributed by atoms with Gasteiger partial charge in [0, 0.05) is 37.7 Å². The maximum absolute atomic E-state index is 2.57. The first-order valence-corrected chi connectivity index (χ1v) is 17.4. The molecule has 1 aliphatic rings. The molecular weight excluding hydrogens is 605 g/mol. The minimum Gasteiger partial charge on any atom is -0.309 e. The monoisotopic (exact) mass is 632 g/mol. The van der Waals surface area contributed by atoms with Gasteiger partial charge in [-0.3, -0.25) is 0 Å². The van der Waals surface area contributed by atoms with Gasteiger partial charge in [0.25, 0.3) is 0 Å². The van der Waals surface area contributed by atoms with E-state index in [1.165, 1.54) is 110 Å². The molecule has 0 amide bonds. The van der Waals surface area contributed by atoms with Gasteiger partial charge in [0.1, 0.15) is 0 Å². The van der Waals surface area contributed by atoms with Gasteiger partial charge in [-0.2, -0.15) is 0 Å². The molecule has 2 aromatic heterocycles. The van der Waals surface area contributed by atoms with Crippen molar-refractivity contribution >= 4 is 75.9 Å². The minimum atomic E-state index is 1.20. The van der Waals surface area contributed by atoms with Gasteiger partial charge in [-0.25, -0.2) is 0 Å². The number of aromatic nitrogens is 2. The molecule has 2 heteroatoms. The molecule has 0 unspecified atom stereocenters. The van der Waals surface area contributed by atoms with Gasteiger partial charge in [-0.05, 0) is 62.7 Å². The van der Waals surface area contributed by atoms with Gasteiger partial charge in [0.2, 0.25) is 0 Å². The van der Waals surface area contributed by atoms with E-state index < -0.39 is 0 Å². The number of para-hydroxylation sites is 1. The Labute approximate surface area is 287 Å². The fourth-order valence-electron chi connectivity index (χ4n) is 9.21. The fraction of sp³-hybridized carbons (Fsp3) is 0. The lowest BCUT2D eigenvalue weighted by atomic mass is 10.0. The van der Waals surface area contributed by atoms with Crippen molar-refractivity contribution in [2.75, 3.05) is 0 Å². The van der Waals surface area contributed by atoms with Gasteiger partial charge < -0.3 is 9.13 Å². The van der Waals surface area contributed by atoms with E-state index in [0.29, 0.717) is 0 Å². The van der Waals surface area contributed by atoms with Crippen molar-refractivity contribution in [1.82, 2.24) is 9.13 Å². The first-order valence-electron chi connectivity index (χ1n) is 17.4. The zero-order chi connectivity index (χ0) is 32.5. The molecule has 0 saturated carbocycles. The molecule has 0 bridgehead atoms. The Kier molecular flexibility index (Phi) is 5.00. The summed E-state index contributed by atoms with van der Waals surface area (Å²) in [6.07, 6.45) is 0. The van der Waals surface area contributed by atoms with Crippen LogP contribution in [0.5, 0.6) is 0 Å². The van der Waals surface area contributed by atoms with Crippen molar-refractivity contribution in [3.8, 4) is 33.6 Å². The average Bonchev–Trinajstić information content (AvgIpc) is 3.82. The summed E-state index contributed by atoms with van der Waals surface area (Å²) in [6, 6.07) is 62.9. The summed E-state index contributed by atoms with van der Waals surface area (Å²) in [5.41, 5.74) is 12.6. The third kappa shape index (κ3) is 3.23. The van der Waals surface area contributed by atoms with E-state index in [1.54, 1.807) is 0 Å². The van der Waals surface area contributed by atoms with Crippen molar-refractivity contribution in [3.63, 3.8) is 0 Å². The first-order chi connectivity index (χ1) is 24.8. The van der Waals surface area contributed by atoms with Crippen LogP contribution < -0.4 is 0 Å². The summed E-state index contributed by atoms with van der Waals surface area (Å²) in [6.45, 7) is 0. The summed E-state index contributed by atoms with van der Waals surface area (Å²) >= 11 is 0. The second-order valence-corrected chi connectivity index (χ2v) is 13.6. The first kappa shape index (κ1) is 26.3. The molecule has 11 aromatic rings. The Balaban J connectivity index is 1.29. The van der Waals surface area contributed by atoms with Crippen LogP contribution in [-0.2, 0) is 0 Å². The van der Waals surface area contributed by atoms with E-state index >= 15 is 0 Å². The summed E-state index contributed by atoms with van der Waals surface area (Å²) in [4.78, 5) is 0. The standard InChI is InChI=1S/C48H28N2/c1-3-14-31-29(11-1)13-9-22-41(31)50-47-32-15-4-2-12-30(32)23-24-37(47)38-26-28-44-46(48(38)50)40-18-7-8-21-42(40)49(44)43-27-25-36-34-17-6-5-16-33(34)35-19-10-20-39(43)45(35)36/h1-28H. The molecule has 0 atom stereocenters. The molecule has 9 aromatic carbocycles. The highest BCUT2D eigenvalue weighted by Gasteiger charge is 2.26. The van der Waals surface area contributed by atoms with Crippen LogP contribution >= 0.6 is 0 Å². The quantitative estimate of drug-likeness (QED) is 0.179. The maximum atomic E-state index is 2.57. The number of benzene rings is 9. The number of hydrogen-bond acceptors (Lipinski definition) is 0. The highest BCUT2D eigenvalue weighted by molar-refractivity contribution is 6.29. The van der Waals surface area contributed by atoms with E-state index in [0.717, 1.165) is 0 Å². The second-order valence-electron chi connectivity index (χ2n) is 13.6. The lowest BCUT2D eigenvalue weighted by Crippen LogP contribution is -1.97. The van der Waals surface area contributed by atoms with Crippen molar-refractivity contribution in [2.24, 2.45) is 0 Å². The average molecular weight is 633 g/mol. The van der Waals surface area contributed by atoms with Crippen molar-refractivity contribution < 1.29 is 0 Å². The zero-order valence-corrected chi connectivity index (χ0v) is 27.1. The molecule has 2 heterocycles. The Bertz CT molecular complexity index is 3230. The van der Waals surface area contributed by atoms with E-state index in [9.17, 15) is 0 Å². The normalized spacial score (nSPS) is 12.4. The van der Waals surface area contributed by atoms with Crippen LogP contribution in [0, 0.1) is 0 Å². The fourth-order valence-corrected chi connectivity index (χ4v) is 9.21. The van der Waals surface area contributed by atoms with Crippen molar-refractivity contribution in [3.05, 3.63) is 170 Å². The Morgan fingerprint density at radius 2 is 0.840 bits per heavy atom. The maximum Gasteiger partial charge on any atom is 0.0641 e. The number of hydrogen-bond donors (Lipinski definition) is 0. The third-order valence-corrected chi connectivity index (χ3v) is 11.2. The van der Waals surface area contributed by atoms with Gasteiger partial charge in [0.15, 0.2) is 0 Å². The van der Waals surface area contributed by atoms with Gasteiger partial charge >= 0.3 is 0 Å². The molecule has 2 nitrogen and oxygen atoms in total. The predicted octanol–water partition coefficient (Wildman–Crippen LogP) is 13.0. The Hall–Kier alpha value is -6.64. The lowest BCUT2D eigenvalue weighted by molar-refractivity contribution is 1.19. The molecule has 0 radical (unpaired) electrons. The van der Waals surface area contributed by atoms with Gasteiger partial charge in [-0.1, -0.05) is 146 Å². The molecule has 0 saturated heterocycles. The third-order valence-electron chi connectivity index (χ3n) is 11.2. The van der Waals surface area contributed by atoms with Crippen molar-refractivity contribution in [1.29, 1.82) is 0 Å². The Morgan fingerprint density at radius 1 is 0.260 bits per heavy atom. The number of rotatable bonds is 2. The topological polar surface area (TPSA) is 9.86 Å². The Morgan fingerprint density at radius 3 is 1.70 bits per heavy atom. The van der Waals surface area contributed by atoms with Gasteiger partial charge in [-0.15, -0.1) is 0 Å². The lowest BCUT2D eigenvalue weighted by Gasteiger charge is -2.14. The summed E-state index contributed by atoms with van der Waals surface area (Å²) in [5.74, 6) is 0. The molecule has 230 valence electrons. The van der Waals surface area contributed by atoms with E-state index in [4.69, 9.17) is 0 Å². The van der Waals surface area contributed by atoms with Gasteiger partial charge in [0.05, 0.1) is 33.4 Å². The molecule has 0 aliphatic heterocycles. The van der Waals surface area contributed by atoms with Crippen LogP contribution in [-0.4, -0.2) is 9.13 Å². The molecule has 1 aliphatic carbocycles. The molecule has 0 fully saturated rings. The number of nitrogens with zero attached hydrogens (tertiary/aromatic N) is 2. The molecule has 0 spiro atoms. The molecule has 50 heavy (non-hydrogen) atoms.